The molecule has 0 saturated heterocycles. The highest BCUT2D eigenvalue weighted by Crippen LogP contribution is 2.25. The van der Waals surface area contributed by atoms with E-state index in [1.165, 1.54) is 24.3 Å². The highest BCUT2D eigenvalue weighted by molar-refractivity contribution is 5.95. The molecule has 0 aliphatic heterocycles. The van der Waals surface area contributed by atoms with Gasteiger partial charge in [-0.3, -0.25) is 9.59 Å². The number of carbonyl (C=O) groups is 2. The molecule has 0 heterocycles. The monoisotopic (exact) mass is 289 g/mol. The molecule has 0 aromatic heterocycles. The summed E-state index contributed by atoms with van der Waals surface area (Å²) in [4.78, 5) is 22.4. The van der Waals surface area contributed by atoms with Crippen molar-refractivity contribution in [3.63, 3.8) is 0 Å². The summed E-state index contributed by atoms with van der Waals surface area (Å²) >= 11 is 0. The van der Waals surface area contributed by atoms with Crippen LogP contribution in [-0.4, -0.2) is 31.1 Å². The fourth-order valence-corrected chi connectivity index (χ4v) is 1.46. The maximum absolute atomic E-state index is 12.4. The normalized spacial score (nSPS) is 11.0. The quantitative estimate of drug-likeness (QED) is 0.750. The molecular weight excluding hydrogens is 275 g/mol. The molecule has 20 heavy (non-hydrogen) atoms. The van der Waals surface area contributed by atoms with Gasteiger partial charge in [0.2, 0.25) is 11.8 Å². The van der Waals surface area contributed by atoms with Crippen LogP contribution in [0.2, 0.25) is 0 Å². The number of alkyl halides is 3. The molecule has 110 valence electrons. The average Bonchev–Trinajstić information content (AvgIpc) is 2.36. The number of hydrogen-bond donors (Lipinski definition) is 3. The number of amides is 2. The Labute approximate surface area is 113 Å². The van der Waals surface area contributed by atoms with Gasteiger partial charge in [0.15, 0.2) is 0 Å². The van der Waals surface area contributed by atoms with E-state index in [1.54, 1.807) is 0 Å². The van der Waals surface area contributed by atoms with Gasteiger partial charge in [-0.15, -0.1) is 0 Å². The number of carbonyl (C=O) groups excluding carboxylic acids is 2. The maximum Gasteiger partial charge on any atom is 0.393 e. The topological polar surface area (TPSA) is 84.2 Å². The first kappa shape index (κ1) is 16.0. The number of nitrogens with two attached hydrogens (primary N) is 1. The summed E-state index contributed by atoms with van der Waals surface area (Å²) in [5.41, 5.74) is 5.06. The van der Waals surface area contributed by atoms with Crippen LogP contribution in [-0.2, 0) is 16.0 Å². The van der Waals surface area contributed by atoms with E-state index in [0.29, 0.717) is 0 Å². The van der Waals surface area contributed by atoms with Gasteiger partial charge in [-0.1, -0.05) is 18.2 Å². The van der Waals surface area contributed by atoms with Gasteiger partial charge < -0.3 is 16.4 Å². The van der Waals surface area contributed by atoms with Crippen molar-refractivity contribution in [2.24, 2.45) is 5.73 Å². The van der Waals surface area contributed by atoms with Crippen molar-refractivity contribution in [3.05, 3.63) is 29.8 Å². The zero-order valence-corrected chi connectivity index (χ0v) is 10.5. The minimum Gasteiger partial charge on any atom is -0.346 e. The molecule has 0 aliphatic carbocycles. The minimum absolute atomic E-state index is 0.0431. The number of anilines is 1. The second kappa shape index (κ2) is 6.90. The molecule has 0 saturated carbocycles. The summed E-state index contributed by atoms with van der Waals surface area (Å²) in [7, 11) is 0. The number of halogens is 3. The third-order valence-electron chi connectivity index (χ3n) is 2.31. The minimum atomic E-state index is -4.37. The number of nitrogens with one attached hydrogen (secondary N) is 2. The van der Waals surface area contributed by atoms with Crippen molar-refractivity contribution in [2.75, 3.05) is 18.4 Å². The molecule has 8 heteroatoms. The molecule has 0 spiro atoms. The van der Waals surface area contributed by atoms with Crippen LogP contribution < -0.4 is 16.4 Å². The lowest BCUT2D eigenvalue weighted by molar-refractivity contribution is -0.127. The van der Waals surface area contributed by atoms with E-state index in [4.69, 9.17) is 5.73 Å². The fraction of sp³-hybridized carbons (Fsp3) is 0.333. The van der Waals surface area contributed by atoms with Gasteiger partial charge in [0, 0.05) is 5.69 Å². The van der Waals surface area contributed by atoms with Crippen LogP contribution in [0.5, 0.6) is 0 Å². The highest BCUT2D eigenvalue weighted by atomic mass is 19.4. The Morgan fingerprint density at radius 3 is 2.40 bits per heavy atom. The summed E-state index contributed by atoms with van der Waals surface area (Å²) in [6.45, 7) is -0.617. The zero-order chi connectivity index (χ0) is 15.2. The summed E-state index contributed by atoms with van der Waals surface area (Å²) in [6.07, 6.45) is -5.51. The molecule has 1 aromatic rings. The van der Waals surface area contributed by atoms with E-state index in [0.717, 1.165) is 0 Å². The molecular formula is C12H14F3N3O2. The Morgan fingerprint density at radius 1 is 1.15 bits per heavy atom. The van der Waals surface area contributed by atoms with Gasteiger partial charge in [-0.25, -0.2) is 0 Å². The summed E-state index contributed by atoms with van der Waals surface area (Å²) < 4.78 is 37.1. The molecule has 0 radical (unpaired) electrons. The first-order valence-corrected chi connectivity index (χ1v) is 5.73. The largest absolute Gasteiger partial charge is 0.393 e. The first-order chi connectivity index (χ1) is 9.31. The van der Waals surface area contributed by atoms with Gasteiger partial charge in [0.05, 0.1) is 19.5 Å². The number of benzene rings is 1. The van der Waals surface area contributed by atoms with Crippen molar-refractivity contribution in [1.82, 2.24) is 5.32 Å². The van der Waals surface area contributed by atoms with Crippen LogP contribution in [0, 0.1) is 0 Å². The number of hydrogen-bond acceptors (Lipinski definition) is 3. The van der Waals surface area contributed by atoms with Crippen LogP contribution >= 0.6 is 0 Å². The SMILES string of the molecule is NCC(=O)NCC(=O)Nc1ccccc1CC(F)(F)F. The van der Waals surface area contributed by atoms with Crippen molar-refractivity contribution in [3.8, 4) is 0 Å². The third kappa shape index (κ3) is 5.70. The molecule has 0 fully saturated rings. The van der Waals surface area contributed by atoms with Gasteiger partial charge in [-0.2, -0.15) is 13.2 Å². The summed E-state index contributed by atoms with van der Waals surface area (Å²) in [5.74, 6) is -1.15. The van der Waals surface area contributed by atoms with E-state index < -0.39 is 24.4 Å². The lowest BCUT2D eigenvalue weighted by atomic mass is 10.1. The van der Waals surface area contributed by atoms with Crippen molar-refractivity contribution in [2.45, 2.75) is 12.6 Å². The second-order valence-corrected chi connectivity index (χ2v) is 3.98. The molecule has 1 aromatic carbocycles. The fourth-order valence-electron chi connectivity index (χ4n) is 1.46. The van der Waals surface area contributed by atoms with Gasteiger partial charge in [0.1, 0.15) is 0 Å². The zero-order valence-electron chi connectivity index (χ0n) is 10.5. The Bertz CT molecular complexity index is 489. The molecule has 0 bridgehead atoms. The molecule has 1 rings (SSSR count). The predicted octanol–water partition coefficient (Wildman–Crippen LogP) is 0.805. The standard InChI is InChI=1S/C12H14F3N3O2/c13-12(14,15)5-8-3-1-2-4-9(8)18-11(20)7-17-10(19)6-16/h1-4H,5-7,16H2,(H,17,19)(H,18,20). The number of rotatable bonds is 5. The second-order valence-electron chi connectivity index (χ2n) is 3.98. The van der Waals surface area contributed by atoms with Gasteiger partial charge >= 0.3 is 6.18 Å². The Balaban J connectivity index is 2.67. The van der Waals surface area contributed by atoms with Crippen LogP contribution in [0.4, 0.5) is 18.9 Å². The van der Waals surface area contributed by atoms with Gasteiger partial charge in [0.25, 0.3) is 0 Å². The van der Waals surface area contributed by atoms with Crippen molar-refractivity contribution < 1.29 is 22.8 Å². The maximum atomic E-state index is 12.4. The lowest BCUT2D eigenvalue weighted by Crippen LogP contribution is -2.36. The molecule has 0 unspecified atom stereocenters. The Morgan fingerprint density at radius 2 is 1.80 bits per heavy atom. The van der Waals surface area contributed by atoms with Crippen LogP contribution in [0.1, 0.15) is 5.56 Å². The lowest BCUT2D eigenvalue weighted by Gasteiger charge is -2.13. The van der Waals surface area contributed by atoms with E-state index >= 15 is 0 Å². The van der Waals surface area contributed by atoms with Crippen molar-refractivity contribution in [1.29, 1.82) is 0 Å². The summed E-state index contributed by atoms with van der Waals surface area (Å²) in [6, 6.07) is 5.60. The Kier molecular flexibility index (Phi) is 5.51. The smallest absolute Gasteiger partial charge is 0.346 e. The molecule has 4 N–H and O–H groups in total. The average molecular weight is 289 g/mol. The van der Waals surface area contributed by atoms with Crippen LogP contribution in [0.25, 0.3) is 0 Å². The summed E-state index contributed by atoms with van der Waals surface area (Å²) in [5, 5.41) is 4.54. The third-order valence-corrected chi connectivity index (χ3v) is 2.31. The number of para-hydroxylation sites is 1. The highest BCUT2D eigenvalue weighted by Gasteiger charge is 2.28. The van der Waals surface area contributed by atoms with E-state index in [-0.39, 0.29) is 24.3 Å². The van der Waals surface area contributed by atoms with E-state index in [2.05, 4.69) is 10.6 Å². The molecule has 2 amide bonds. The molecule has 0 atom stereocenters. The molecule has 0 aliphatic rings. The molecule has 5 nitrogen and oxygen atoms in total. The predicted molar refractivity (Wildman–Crippen MR) is 66.9 cm³/mol. The Hall–Kier alpha value is -2.09. The van der Waals surface area contributed by atoms with E-state index in [9.17, 15) is 22.8 Å². The van der Waals surface area contributed by atoms with E-state index in [1.807, 2.05) is 0 Å². The van der Waals surface area contributed by atoms with Crippen LogP contribution in [0.3, 0.4) is 0 Å². The van der Waals surface area contributed by atoms with Gasteiger partial charge in [-0.05, 0) is 11.6 Å². The van der Waals surface area contributed by atoms with Crippen molar-refractivity contribution >= 4 is 17.5 Å². The first-order valence-electron chi connectivity index (χ1n) is 5.73. The van der Waals surface area contributed by atoms with Crippen LogP contribution in [0.15, 0.2) is 24.3 Å².